The smallest absolute Gasteiger partial charge is 0.0412 e. The van der Waals surface area contributed by atoms with Crippen molar-refractivity contribution in [2.24, 2.45) is 0 Å². The van der Waals surface area contributed by atoms with Crippen LogP contribution in [-0.4, -0.2) is 6.54 Å². The second-order valence-electron chi connectivity index (χ2n) is 4.49. The van der Waals surface area contributed by atoms with Crippen LogP contribution in [-0.2, 0) is 6.54 Å². The molecule has 2 rings (SSSR count). The Balaban J connectivity index is 2.34. The Kier molecular flexibility index (Phi) is 5.26. The Morgan fingerprint density at radius 3 is 2.53 bits per heavy atom. The van der Waals surface area contributed by atoms with E-state index in [0.29, 0.717) is 0 Å². The summed E-state index contributed by atoms with van der Waals surface area (Å²) in [6, 6.07) is 13.9. The lowest BCUT2D eigenvalue weighted by Crippen LogP contribution is -2.14. The van der Waals surface area contributed by atoms with Crippen molar-refractivity contribution in [3.05, 3.63) is 58.1 Å². The van der Waals surface area contributed by atoms with Gasteiger partial charge >= 0.3 is 0 Å². The molecule has 1 N–H and O–H groups in total. The van der Waals surface area contributed by atoms with E-state index >= 15 is 0 Å². The van der Waals surface area contributed by atoms with E-state index in [4.69, 9.17) is 23.2 Å². The van der Waals surface area contributed by atoms with E-state index in [9.17, 15) is 0 Å². The molecule has 0 saturated carbocycles. The SMILES string of the molecule is CCCNCc1ccc(Cl)cc1-c1cccc(Cl)c1. The Morgan fingerprint density at radius 1 is 1.00 bits per heavy atom. The van der Waals surface area contributed by atoms with Crippen molar-refractivity contribution in [1.82, 2.24) is 5.32 Å². The van der Waals surface area contributed by atoms with Gasteiger partial charge in [-0.3, -0.25) is 0 Å². The molecule has 0 atom stereocenters. The number of halogens is 2. The van der Waals surface area contributed by atoms with Crippen LogP contribution in [0.25, 0.3) is 11.1 Å². The van der Waals surface area contributed by atoms with Gasteiger partial charge in [-0.25, -0.2) is 0 Å². The topological polar surface area (TPSA) is 12.0 Å². The van der Waals surface area contributed by atoms with Gasteiger partial charge in [0.15, 0.2) is 0 Å². The normalized spacial score (nSPS) is 10.7. The highest BCUT2D eigenvalue weighted by molar-refractivity contribution is 6.31. The zero-order valence-electron chi connectivity index (χ0n) is 10.9. The minimum absolute atomic E-state index is 0.741. The lowest BCUT2D eigenvalue weighted by Gasteiger charge is -2.11. The van der Waals surface area contributed by atoms with Crippen LogP contribution in [0.4, 0.5) is 0 Å². The molecule has 0 radical (unpaired) electrons. The van der Waals surface area contributed by atoms with Crippen LogP contribution in [0.3, 0.4) is 0 Å². The summed E-state index contributed by atoms with van der Waals surface area (Å²) in [4.78, 5) is 0. The molecule has 0 aliphatic heterocycles. The van der Waals surface area contributed by atoms with Crippen molar-refractivity contribution in [3.8, 4) is 11.1 Å². The van der Waals surface area contributed by atoms with Crippen LogP contribution in [0.1, 0.15) is 18.9 Å². The summed E-state index contributed by atoms with van der Waals surface area (Å²) in [6.07, 6.45) is 1.13. The lowest BCUT2D eigenvalue weighted by atomic mass is 9.99. The van der Waals surface area contributed by atoms with Crippen molar-refractivity contribution >= 4 is 23.2 Å². The zero-order chi connectivity index (χ0) is 13.7. The van der Waals surface area contributed by atoms with Crippen LogP contribution < -0.4 is 5.32 Å². The van der Waals surface area contributed by atoms with E-state index in [0.717, 1.165) is 40.7 Å². The summed E-state index contributed by atoms with van der Waals surface area (Å²) in [5.41, 5.74) is 3.47. The van der Waals surface area contributed by atoms with Crippen LogP contribution in [0, 0.1) is 0 Å². The number of hydrogen-bond donors (Lipinski definition) is 1. The number of nitrogens with one attached hydrogen (secondary N) is 1. The summed E-state index contributed by atoms with van der Waals surface area (Å²) in [6.45, 7) is 4.01. The third kappa shape index (κ3) is 3.97. The Hall–Kier alpha value is -1.02. The second-order valence-corrected chi connectivity index (χ2v) is 5.36. The van der Waals surface area contributed by atoms with Crippen molar-refractivity contribution in [3.63, 3.8) is 0 Å². The predicted octanol–water partition coefficient (Wildman–Crippen LogP) is 5.16. The standard InChI is InChI=1S/C16H17Cl2N/c1-2-8-19-11-13-6-7-15(18)10-16(13)12-4-3-5-14(17)9-12/h3-7,9-10,19H,2,8,11H2,1H3. The monoisotopic (exact) mass is 293 g/mol. The largest absolute Gasteiger partial charge is 0.313 e. The Bertz CT molecular complexity index is 552. The number of rotatable bonds is 5. The molecule has 100 valence electrons. The molecule has 0 heterocycles. The van der Waals surface area contributed by atoms with Crippen LogP contribution in [0.15, 0.2) is 42.5 Å². The molecule has 3 heteroatoms. The molecule has 2 aromatic carbocycles. The first kappa shape index (κ1) is 14.4. The van der Waals surface area contributed by atoms with E-state index < -0.39 is 0 Å². The second kappa shape index (κ2) is 6.95. The minimum Gasteiger partial charge on any atom is -0.313 e. The summed E-state index contributed by atoms with van der Waals surface area (Å²) >= 11 is 12.2. The fourth-order valence-corrected chi connectivity index (χ4v) is 2.39. The van der Waals surface area contributed by atoms with E-state index in [-0.39, 0.29) is 0 Å². The van der Waals surface area contributed by atoms with Crippen LogP contribution in [0.2, 0.25) is 10.0 Å². The van der Waals surface area contributed by atoms with E-state index in [1.165, 1.54) is 5.56 Å². The Morgan fingerprint density at radius 2 is 1.79 bits per heavy atom. The van der Waals surface area contributed by atoms with Gasteiger partial charge in [0.25, 0.3) is 0 Å². The van der Waals surface area contributed by atoms with Crippen molar-refractivity contribution < 1.29 is 0 Å². The Labute approximate surface area is 124 Å². The van der Waals surface area contributed by atoms with Crippen LogP contribution >= 0.6 is 23.2 Å². The molecular weight excluding hydrogens is 277 g/mol. The molecule has 0 saturated heterocycles. The molecule has 0 spiro atoms. The van der Waals surface area contributed by atoms with Crippen molar-refractivity contribution in [2.75, 3.05) is 6.54 Å². The maximum Gasteiger partial charge on any atom is 0.0412 e. The summed E-state index contributed by atoms with van der Waals surface area (Å²) in [5.74, 6) is 0. The van der Waals surface area contributed by atoms with E-state index in [1.807, 2.05) is 30.3 Å². The van der Waals surface area contributed by atoms with Crippen molar-refractivity contribution in [2.45, 2.75) is 19.9 Å². The lowest BCUT2D eigenvalue weighted by molar-refractivity contribution is 0.676. The van der Waals surface area contributed by atoms with E-state index in [1.54, 1.807) is 0 Å². The van der Waals surface area contributed by atoms with Gasteiger partial charge in [-0.05, 0) is 53.9 Å². The average molecular weight is 294 g/mol. The van der Waals surface area contributed by atoms with Gasteiger partial charge in [0.05, 0.1) is 0 Å². The first-order valence-electron chi connectivity index (χ1n) is 6.46. The van der Waals surface area contributed by atoms with Gasteiger partial charge in [0.1, 0.15) is 0 Å². The fourth-order valence-electron chi connectivity index (χ4n) is 2.03. The summed E-state index contributed by atoms with van der Waals surface area (Å²) in [7, 11) is 0. The van der Waals surface area contributed by atoms with Gasteiger partial charge in [0, 0.05) is 16.6 Å². The van der Waals surface area contributed by atoms with Gasteiger partial charge in [-0.1, -0.05) is 48.3 Å². The fraction of sp³-hybridized carbons (Fsp3) is 0.250. The maximum atomic E-state index is 6.11. The predicted molar refractivity (Wildman–Crippen MR) is 83.9 cm³/mol. The number of benzene rings is 2. The first-order chi connectivity index (χ1) is 9.20. The van der Waals surface area contributed by atoms with Gasteiger partial charge in [-0.2, -0.15) is 0 Å². The third-order valence-corrected chi connectivity index (χ3v) is 3.42. The summed E-state index contributed by atoms with van der Waals surface area (Å²) in [5, 5.41) is 4.90. The highest BCUT2D eigenvalue weighted by Gasteiger charge is 2.06. The highest BCUT2D eigenvalue weighted by atomic mass is 35.5. The molecule has 2 aromatic rings. The number of hydrogen-bond acceptors (Lipinski definition) is 1. The van der Waals surface area contributed by atoms with E-state index in [2.05, 4.69) is 24.4 Å². The molecule has 0 fully saturated rings. The average Bonchev–Trinajstić information content (AvgIpc) is 2.40. The van der Waals surface area contributed by atoms with Gasteiger partial charge < -0.3 is 5.32 Å². The van der Waals surface area contributed by atoms with Gasteiger partial charge in [-0.15, -0.1) is 0 Å². The van der Waals surface area contributed by atoms with Gasteiger partial charge in [0.2, 0.25) is 0 Å². The molecule has 0 aliphatic carbocycles. The maximum absolute atomic E-state index is 6.11. The molecular formula is C16H17Cl2N. The molecule has 0 bridgehead atoms. The summed E-state index contributed by atoms with van der Waals surface area (Å²) < 4.78 is 0. The molecule has 19 heavy (non-hydrogen) atoms. The molecule has 0 amide bonds. The minimum atomic E-state index is 0.741. The zero-order valence-corrected chi connectivity index (χ0v) is 12.4. The van der Waals surface area contributed by atoms with Crippen LogP contribution in [0.5, 0.6) is 0 Å². The molecule has 0 aromatic heterocycles. The quantitative estimate of drug-likeness (QED) is 0.751. The third-order valence-electron chi connectivity index (χ3n) is 2.95. The highest BCUT2D eigenvalue weighted by Crippen LogP contribution is 2.28. The molecule has 0 unspecified atom stereocenters. The van der Waals surface area contributed by atoms with Crippen molar-refractivity contribution in [1.29, 1.82) is 0 Å². The molecule has 0 aliphatic rings. The molecule has 1 nitrogen and oxygen atoms in total. The first-order valence-corrected chi connectivity index (χ1v) is 7.21.